The average Bonchev–Trinajstić information content (AvgIpc) is 3.40. The number of furan rings is 1. The Morgan fingerprint density at radius 1 is 1.00 bits per heavy atom. The first-order valence-corrected chi connectivity index (χ1v) is 10.7. The number of carbonyl (C=O) groups excluding carboxylic acids is 1. The Bertz CT molecular complexity index is 1400. The normalized spacial score (nSPS) is 16.0. The van der Waals surface area contributed by atoms with Crippen molar-refractivity contribution in [3.63, 3.8) is 0 Å². The molecule has 1 N–H and O–H groups in total. The van der Waals surface area contributed by atoms with Crippen LogP contribution >= 0.6 is 11.6 Å². The van der Waals surface area contributed by atoms with Gasteiger partial charge in [0.25, 0.3) is 5.91 Å². The minimum absolute atomic E-state index is 0.111. The summed E-state index contributed by atoms with van der Waals surface area (Å²) in [5, 5.41) is 2.82. The molecule has 152 valence electrons. The van der Waals surface area contributed by atoms with E-state index in [4.69, 9.17) is 16.0 Å². The van der Waals surface area contributed by atoms with E-state index >= 15 is 0 Å². The van der Waals surface area contributed by atoms with Gasteiger partial charge in [-0.25, -0.2) is 0 Å². The molecule has 6 rings (SSSR count). The molecule has 1 unspecified atom stereocenters. The molecule has 0 bridgehead atoms. The molecule has 0 aliphatic carbocycles. The van der Waals surface area contributed by atoms with E-state index in [2.05, 4.69) is 23.2 Å². The highest BCUT2D eigenvalue weighted by atomic mass is 35.5. The average molecular weight is 427 g/mol. The van der Waals surface area contributed by atoms with Crippen molar-refractivity contribution in [1.29, 1.82) is 0 Å². The van der Waals surface area contributed by atoms with Gasteiger partial charge in [-0.2, -0.15) is 0 Å². The zero-order valence-electron chi connectivity index (χ0n) is 16.6. The quantitative estimate of drug-likeness (QED) is 0.357. The van der Waals surface area contributed by atoms with Crippen molar-refractivity contribution >= 4 is 39.4 Å². The van der Waals surface area contributed by atoms with Crippen LogP contribution in [0.25, 0.3) is 21.9 Å². The Kier molecular flexibility index (Phi) is 4.15. The summed E-state index contributed by atoms with van der Waals surface area (Å²) in [6, 6.07) is 25.3. The van der Waals surface area contributed by atoms with Crippen molar-refractivity contribution in [3.8, 4) is 0 Å². The molecule has 3 heterocycles. The SMILES string of the molecule is O=C(c1cc2ccccc2o1)N1CCc2c([nH]c3ccccc23)C1c1ccc(Cl)cc1. The zero-order valence-corrected chi connectivity index (χ0v) is 17.4. The number of rotatable bonds is 2. The summed E-state index contributed by atoms with van der Waals surface area (Å²) in [5.41, 5.74) is 5.14. The highest BCUT2D eigenvalue weighted by Crippen LogP contribution is 2.39. The maximum absolute atomic E-state index is 13.6. The van der Waals surface area contributed by atoms with Crippen LogP contribution in [0.3, 0.4) is 0 Å². The second-order valence-corrected chi connectivity index (χ2v) is 8.35. The molecule has 2 aromatic heterocycles. The van der Waals surface area contributed by atoms with Crippen molar-refractivity contribution in [1.82, 2.24) is 9.88 Å². The molecule has 0 radical (unpaired) electrons. The van der Waals surface area contributed by atoms with E-state index in [1.54, 1.807) is 0 Å². The summed E-state index contributed by atoms with van der Waals surface area (Å²) in [6.07, 6.45) is 0.787. The number of benzene rings is 3. The summed E-state index contributed by atoms with van der Waals surface area (Å²) >= 11 is 6.15. The van der Waals surface area contributed by atoms with Crippen LogP contribution in [-0.4, -0.2) is 22.3 Å². The number of carbonyl (C=O) groups is 1. The fraction of sp³-hybridized carbons (Fsp3) is 0.115. The highest BCUT2D eigenvalue weighted by molar-refractivity contribution is 6.30. The number of nitrogens with zero attached hydrogens (tertiary/aromatic N) is 1. The maximum Gasteiger partial charge on any atom is 0.290 e. The van der Waals surface area contributed by atoms with E-state index in [9.17, 15) is 4.79 Å². The summed E-state index contributed by atoms with van der Waals surface area (Å²) < 4.78 is 5.91. The molecular weight excluding hydrogens is 408 g/mol. The number of hydrogen-bond donors (Lipinski definition) is 1. The Morgan fingerprint density at radius 3 is 2.61 bits per heavy atom. The number of halogens is 1. The summed E-state index contributed by atoms with van der Waals surface area (Å²) in [7, 11) is 0. The van der Waals surface area contributed by atoms with Gasteiger partial charge in [0.2, 0.25) is 0 Å². The zero-order chi connectivity index (χ0) is 20.9. The minimum Gasteiger partial charge on any atom is -0.451 e. The predicted molar refractivity (Wildman–Crippen MR) is 123 cm³/mol. The van der Waals surface area contributed by atoms with E-state index in [0.29, 0.717) is 17.3 Å². The molecule has 1 amide bonds. The molecule has 1 aliphatic heterocycles. The molecule has 0 fully saturated rings. The molecule has 4 nitrogen and oxygen atoms in total. The van der Waals surface area contributed by atoms with E-state index in [-0.39, 0.29) is 11.9 Å². The smallest absolute Gasteiger partial charge is 0.290 e. The topological polar surface area (TPSA) is 49.2 Å². The molecule has 1 atom stereocenters. The lowest BCUT2D eigenvalue weighted by molar-refractivity contribution is 0.0662. The van der Waals surface area contributed by atoms with Gasteiger partial charge in [-0.15, -0.1) is 0 Å². The van der Waals surface area contributed by atoms with Crippen LogP contribution in [0.2, 0.25) is 5.02 Å². The van der Waals surface area contributed by atoms with Gasteiger partial charge in [-0.05, 0) is 47.9 Å². The first-order valence-electron chi connectivity index (χ1n) is 10.3. The summed E-state index contributed by atoms with van der Waals surface area (Å²) in [6.45, 7) is 0.609. The standard InChI is InChI=1S/C26H19ClN2O2/c27-18-11-9-16(10-12-18)25-24-20(19-6-2-3-7-21(19)28-24)13-14-29(25)26(30)23-15-17-5-1-4-8-22(17)31-23/h1-12,15,25,28H,13-14H2. The lowest BCUT2D eigenvalue weighted by Crippen LogP contribution is -2.40. The number of hydrogen-bond acceptors (Lipinski definition) is 2. The molecular formula is C26H19ClN2O2. The van der Waals surface area contributed by atoms with E-state index < -0.39 is 0 Å². The number of aromatic amines is 1. The molecule has 5 aromatic rings. The third-order valence-corrected chi connectivity index (χ3v) is 6.37. The van der Waals surface area contributed by atoms with Gasteiger partial charge in [0.05, 0.1) is 6.04 Å². The number of amides is 1. The monoisotopic (exact) mass is 426 g/mol. The molecule has 0 spiro atoms. The number of nitrogens with one attached hydrogen (secondary N) is 1. The third kappa shape index (κ3) is 2.94. The second kappa shape index (κ2) is 7.03. The van der Waals surface area contributed by atoms with Gasteiger partial charge in [0.15, 0.2) is 5.76 Å². The van der Waals surface area contributed by atoms with Gasteiger partial charge in [-0.1, -0.05) is 60.1 Å². The van der Waals surface area contributed by atoms with Crippen molar-refractivity contribution in [2.75, 3.05) is 6.54 Å². The van der Waals surface area contributed by atoms with E-state index in [0.717, 1.165) is 34.2 Å². The largest absolute Gasteiger partial charge is 0.451 e. The Morgan fingerprint density at radius 2 is 1.77 bits per heavy atom. The lowest BCUT2D eigenvalue weighted by atomic mass is 9.92. The van der Waals surface area contributed by atoms with Crippen LogP contribution in [0.4, 0.5) is 0 Å². The van der Waals surface area contributed by atoms with Gasteiger partial charge in [0, 0.05) is 33.6 Å². The van der Waals surface area contributed by atoms with Crippen LogP contribution in [-0.2, 0) is 6.42 Å². The first kappa shape index (κ1) is 18.3. The van der Waals surface area contributed by atoms with Crippen molar-refractivity contribution in [2.45, 2.75) is 12.5 Å². The third-order valence-electron chi connectivity index (χ3n) is 6.12. The predicted octanol–water partition coefficient (Wildman–Crippen LogP) is 6.36. The Labute approximate surface area is 184 Å². The molecule has 3 aromatic carbocycles. The van der Waals surface area contributed by atoms with Crippen LogP contribution in [0, 0.1) is 0 Å². The van der Waals surface area contributed by atoms with Crippen molar-refractivity contribution in [2.24, 2.45) is 0 Å². The van der Waals surface area contributed by atoms with Gasteiger partial charge in [-0.3, -0.25) is 4.79 Å². The van der Waals surface area contributed by atoms with Crippen molar-refractivity contribution in [3.05, 3.63) is 106 Å². The van der Waals surface area contributed by atoms with Crippen LogP contribution in [0.15, 0.2) is 83.3 Å². The maximum atomic E-state index is 13.6. The van der Waals surface area contributed by atoms with Gasteiger partial charge < -0.3 is 14.3 Å². The lowest BCUT2D eigenvalue weighted by Gasteiger charge is -2.35. The molecule has 31 heavy (non-hydrogen) atoms. The highest BCUT2D eigenvalue weighted by Gasteiger charge is 2.36. The van der Waals surface area contributed by atoms with E-state index in [1.807, 2.05) is 65.6 Å². The second-order valence-electron chi connectivity index (χ2n) is 7.91. The molecule has 1 aliphatic rings. The number of fused-ring (bicyclic) bond motifs is 4. The Hall–Kier alpha value is -3.50. The Balaban J connectivity index is 1.50. The fourth-order valence-corrected chi connectivity index (χ4v) is 4.81. The molecule has 5 heteroatoms. The summed E-state index contributed by atoms with van der Waals surface area (Å²) in [4.78, 5) is 19.1. The number of aromatic nitrogens is 1. The minimum atomic E-state index is -0.242. The number of para-hydroxylation sites is 2. The van der Waals surface area contributed by atoms with E-state index in [1.165, 1.54) is 10.9 Å². The first-order chi connectivity index (χ1) is 15.2. The van der Waals surface area contributed by atoms with Gasteiger partial charge >= 0.3 is 0 Å². The van der Waals surface area contributed by atoms with Crippen LogP contribution in [0.1, 0.15) is 33.4 Å². The van der Waals surface area contributed by atoms with Crippen LogP contribution in [0.5, 0.6) is 0 Å². The molecule has 0 saturated heterocycles. The van der Waals surface area contributed by atoms with Gasteiger partial charge in [0.1, 0.15) is 5.58 Å². The number of H-pyrrole nitrogens is 1. The van der Waals surface area contributed by atoms with Crippen molar-refractivity contribution < 1.29 is 9.21 Å². The fourth-order valence-electron chi connectivity index (χ4n) is 4.68. The molecule has 0 saturated carbocycles. The summed E-state index contributed by atoms with van der Waals surface area (Å²) in [5.74, 6) is 0.250. The van der Waals surface area contributed by atoms with Crippen LogP contribution < -0.4 is 0 Å².